The van der Waals surface area contributed by atoms with Crippen LogP contribution in [0.4, 0.5) is 0 Å². The van der Waals surface area contributed by atoms with Crippen molar-refractivity contribution in [1.82, 2.24) is 0 Å². The fraction of sp³-hybridized carbons (Fsp3) is 0.273. The van der Waals surface area contributed by atoms with Crippen LogP contribution in [0.3, 0.4) is 0 Å². The first-order chi connectivity index (χ1) is 7.69. The predicted molar refractivity (Wildman–Crippen MR) is 58.8 cm³/mol. The summed E-state index contributed by atoms with van der Waals surface area (Å²) < 4.78 is 5.00. The van der Waals surface area contributed by atoms with Crippen LogP contribution in [0.1, 0.15) is 12.5 Å². The summed E-state index contributed by atoms with van der Waals surface area (Å²) in [5, 5.41) is 12.5. The van der Waals surface area contributed by atoms with E-state index in [2.05, 4.69) is 5.16 Å². The lowest BCUT2D eigenvalue weighted by atomic mass is 10.1. The molecule has 0 radical (unpaired) electrons. The molecule has 0 aliphatic carbocycles. The monoisotopic (exact) mass is 223 g/mol. The number of oxime groups is 1. The van der Waals surface area contributed by atoms with Gasteiger partial charge in [0.25, 0.3) is 0 Å². The summed E-state index contributed by atoms with van der Waals surface area (Å²) in [5.74, 6) is -0.565. The van der Waals surface area contributed by atoms with Crippen molar-refractivity contribution in [2.75, 3.05) is 13.7 Å². The minimum Gasteiger partial charge on any atom is -0.497 e. The number of carboxylic acids is 1. The molecule has 1 N–H and O–H groups in total. The summed E-state index contributed by atoms with van der Waals surface area (Å²) in [4.78, 5) is 15.7. The summed E-state index contributed by atoms with van der Waals surface area (Å²) in [6.07, 6.45) is 0. The van der Waals surface area contributed by atoms with E-state index in [9.17, 15) is 4.79 Å². The van der Waals surface area contributed by atoms with Crippen LogP contribution in [0, 0.1) is 0 Å². The van der Waals surface area contributed by atoms with Crippen LogP contribution in [0.25, 0.3) is 0 Å². The van der Waals surface area contributed by atoms with Gasteiger partial charge in [-0.3, -0.25) is 0 Å². The maximum absolute atomic E-state index is 11.0. The second-order valence-electron chi connectivity index (χ2n) is 2.89. The molecule has 0 amide bonds. The number of nitrogens with zero attached hydrogens (tertiary/aromatic N) is 1. The molecule has 0 fully saturated rings. The largest absolute Gasteiger partial charge is 0.497 e. The van der Waals surface area contributed by atoms with E-state index >= 15 is 0 Å². The van der Waals surface area contributed by atoms with E-state index < -0.39 is 5.97 Å². The number of aliphatic carboxylic acids is 1. The van der Waals surface area contributed by atoms with E-state index in [0.29, 0.717) is 17.9 Å². The van der Waals surface area contributed by atoms with Crippen molar-refractivity contribution in [3.05, 3.63) is 29.8 Å². The van der Waals surface area contributed by atoms with Crippen LogP contribution in [-0.2, 0) is 9.63 Å². The second-order valence-corrected chi connectivity index (χ2v) is 2.89. The SMILES string of the molecule is CCON=C(C(=O)O)c1cccc(OC)c1. The molecule has 0 saturated heterocycles. The number of benzene rings is 1. The fourth-order valence-electron chi connectivity index (χ4n) is 1.11. The van der Waals surface area contributed by atoms with Gasteiger partial charge in [-0.1, -0.05) is 17.3 Å². The van der Waals surface area contributed by atoms with Crippen LogP contribution in [0.5, 0.6) is 5.75 Å². The first-order valence-corrected chi connectivity index (χ1v) is 4.76. The van der Waals surface area contributed by atoms with Crippen molar-refractivity contribution >= 4 is 11.7 Å². The van der Waals surface area contributed by atoms with Gasteiger partial charge in [0.2, 0.25) is 0 Å². The number of hydrogen-bond acceptors (Lipinski definition) is 4. The summed E-state index contributed by atoms with van der Waals surface area (Å²) in [6, 6.07) is 6.64. The van der Waals surface area contributed by atoms with Crippen molar-refractivity contribution < 1.29 is 19.5 Å². The third-order valence-electron chi connectivity index (χ3n) is 1.83. The first kappa shape index (κ1) is 12.0. The van der Waals surface area contributed by atoms with Crippen molar-refractivity contribution in [1.29, 1.82) is 0 Å². The molecule has 0 aliphatic heterocycles. The molecule has 5 heteroatoms. The van der Waals surface area contributed by atoms with Gasteiger partial charge in [-0.25, -0.2) is 4.79 Å². The number of ether oxygens (including phenoxy) is 1. The maximum Gasteiger partial charge on any atom is 0.358 e. The Morgan fingerprint density at radius 3 is 2.81 bits per heavy atom. The van der Waals surface area contributed by atoms with Crippen molar-refractivity contribution in [2.45, 2.75) is 6.92 Å². The van der Waals surface area contributed by atoms with Gasteiger partial charge in [-0.2, -0.15) is 0 Å². The molecule has 0 atom stereocenters. The molecule has 0 bridgehead atoms. The Morgan fingerprint density at radius 2 is 2.25 bits per heavy atom. The quantitative estimate of drug-likeness (QED) is 0.607. The Morgan fingerprint density at radius 1 is 1.50 bits per heavy atom. The number of carbonyl (C=O) groups is 1. The summed E-state index contributed by atoms with van der Waals surface area (Å²) in [6.45, 7) is 2.05. The normalized spacial score (nSPS) is 11.0. The third-order valence-corrected chi connectivity index (χ3v) is 1.83. The molecule has 0 aliphatic rings. The Labute approximate surface area is 93.3 Å². The minimum atomic E-state index is -1.14. The van der Waals surface area contributed by atoms with Gasteiger partial charge >= 0.3 is 5.97 Å². The predicted octanol–water partition coefficient (Wildman–Crippen LogP) is 1.52. The van der Waals surface area contributed by atoms with Gasteiger partial charge in [-0.05, 0) is 19.1 Å². The van der Waals surface area contributed by atoms with E-state index in [4.69, 9.17) is 14.7 Å². The molecule has 0 saturated carbocycles. The van der Waals surface area contributed by atoms with Crippen molar-refractivity contribution in [2.24, 2.45) is 5.16 Å². The number of methoxy groups -OCH3 is 1. The van der Waals surface area contributed by atoms with Gasteiger partial charge < -0.3 is 14.7 Å². The molecule has 1 aromatic carbocycles. The van der Waals surface area contributed by atoms with Crippen LogP contribution in [0.2, 0.25) is 0 Å². The lowest BCUT2D eigenvalue weighted by Gasteiger charge is -2.04. The van der Waals surface area contributed by atoms with Gasteiger partial charge in [0.05, 0.1) is 7.11 Å². The third kappa shape index (κ3) is 2.98. The topological polar surface area (TPSA) is 68.1 Å². The standard InChI is InChI=1S/C11H13NO4/c1-3-16-12-10(11(13)14)8-5-4-6-9(7-8)15-2/h4-7H,3H2,1-2H3,(H,13,14). The summed E-state index contributed by atoms with van der Waals surface area (Å²) >= 11 is 0. The van der Waals surface area contributed by atoms with Gasteiger partial charge in [0.1, 0.15) is 12.4 Å². The molecular weight excluding hydrogens is 210 g/mol. The van der Waals surface area contributed by atoms with Gasteiger partial charge in [-0.15, -0.1) is 0 Å². The first-order valence-electron chi connectivity index (χ1n) is 4.76. The van der Waals surface area contributed by atoms with Crippen LogP contribution in [0.15, 0.2) is 29.4 Å². The molecule has 0 spiro atoms. The molecule has 0 aromatic heterocycles. The summed E-state index contributed by atoms with van der Waals surface area (Å²) in [7, 11) is 1.51. The van der Waals surface area contributed by atoms with Crippen LogP contribution < -0.4 is 4.74 Å². The number of hydrogen-bond donors (Lipinski definition) is 1. The molecule has 0 unspecified atom stereocenters. The lowest BCUT2D eigenvalue weighted by molar-refractivity contribution is -0.129. The molecular formula is C11H13NO4. The summed E-state index contributed by atoms with van der Waals surface area (Å²) in [5.41, 5.74) is 0.307. The van der Waals surface area contributed by atoms with E-state index in [0.717, 1.165) is 0 Å². The molecule has 1 rings (SSSR count). The molecule has 5 nitrogen and oxygen atoms in total. The number of carboxylic acid groups (broad SMARTS) is 1. The van der Waals surface area contributed by atoms with E-state index in [1.165, 1.54) is 7.11 Å². The van der Waals surface area contributed by atoms with E-state index in [-0.39, 0.29) is 5.71 Å². The lowest BCUT2D eigenvalue weighted by Crippen LogP contribution is -2.15. The molecule has 16 heavy (non-hydrogen) atoms. The average molecular weight is 223 g/mol. The van der Waals surface area contributed by atoms with Crippen molar-refractivity contribution in [3.63, 3.8) is 0 Å². The highest BCUT2D eigenvalue weighted by Crippen LogP contribution is 2.13. The zero-order valence-corrected chi connectivity index (χ0v) is 9.14. The Kier molecular flexibility index (Phi) is 4.32. The number of rotatable bonds is 5. The van der Waals surface area contributed by atoms with Gasteiger partial charge in [0, 0.05) is 5.56 Å². The highest BCUT2D eigenvalue weighted by atomic mass is 16.6. The molecule has 1 aromatic rings. The zero-order valence-electron chi connectivity index (χ0n) is 9.14. The van der Waals surface area contributed by atoms with E-state index in [1.54, 1.807) is 31.2 Å². The van der Waals surface area contributed by atoms with Crippen molar-refractivity contribution in [3.8, 4) is 5.75 Å². The zero-order chi connectivity index (χ0) is 12.0. The van der Waals surface area contributed by atoms with E-state index in [1.807, 2.05) is 0 Å². The second kappa shape index (κ2) is 5.75. The minimum absolute atomic E-state index is 0.138. The molecule has 0 heterocycles. The highest BCUT2D eigenvalue weighted by Gasteiger charge is 2.14. The smallest absolute Gasteiger partial charge is 0.358 e. The highest BCUT2D eigenvalue weighted by molar-refractivity contribution is 6.42. The Bertz CT molecular complexity index is 401. The Balaban J connectivity index is 3.06. The molecule has 86 valence electrons. The van der Waals surface area contributed by atoms with Crippen LogP contribution >= 0.6 is 0 Å². The van der Waals surface area contributed by atoms with Crippen LogP contribution in [-0.4, -0.2) is 30.5 Å². The maximum atomic E-state index is 11.0. The fourth-order valence-corrected chi connectivity index (χ4v) is 1.11. The van der Waals surface area contributed by atoms with Gasteiger partial charge in [0.15, 0.2) is 5.71 Å². The Hall–Kier alpha value is -2.04. The average Bonchev–Trinajstić information content (AvgIpc) is 2.29.